The molecule has 0 aliphatic rings. The average Bonchev–Trinajstić information content (AvgIpc) is 2.73. The standard InChI is InChI=1S/C20H28N2O/c1-13(2)12-18-14(3)21-22(15(18)4)19(23)16-8-10-17(11-9-16)20(5,6)7/h8-11,13H,12H2,1-7H3. The molecule has 0 N–H and O–H groups in total. The van der Waals surface area contributed by atoms with Crippen LogP contribution in [0.2, 0.25) is 0 Å². The molecule has 0 aliphatic heterocycles. The highest BCUT2D eigenvalue weighted by Gasteiger charge is 2.19. The van der Waals surface area contributed by atoms with E-state index in [1.807, 2.05) is 38.1 Å². The first-order valence-corrected chi connectivity index (χ1v) is 8.31. The highest BCUT2D eigenvalue weighted by Crippen LogP contribution is 2.23. The lowest BCUT2D eigenvalue weighted by Gasteiger charge is -2.19. The molecule has 0 spiro atoms. The van der Waals surface area contributed by atoms with Gasteiger partial charge in [0, 0.05) is 11.3 Å². The van der Waals surface area contributed by atoms with E-state index in [1.54, 1.807) is 4.68 Å². The number of aryl methyl sites for hydroxylation is 1. The fraction of sp³-hybridized carbons (Fsp3) is 0.500. The number of carbonyl (C=O) groups is 1. The van der Waals surface area contributed by atoms with Crippen LogP contribution in [-0.2, 0) is 11.8 Å². The highest BCUT2D eigenvalue weighted by molar-refractivity contribution is 5.96. The van der Waals surface area contributed by atoms with Gasteiger partial charge in [0.15, 0.2) is 0 Å². The van der Waals surface area contributed by atoms with Gasteiger partial charge in [-0.25, -0.2) is 4.68 Å². The van der Waals surface area contributed by atoms with E-state index >= 15 is 0 Å². The average molecular weight is 312 g/mol. The molecular weight excluding hydrogens is 284 g/mol. The van der Waals surface area contributed by atoms with Crippen molar-refractivity contribution >= 4 is 5.91 Å². The lowest BCUT2D eigenvalue weighted by atomic mass is 9.87. The molecule has 0 saturated carbocycles. The van der Waals surface area contributed by atoms with Gasteiger partial charge in [0.25, 0.3) is 5.91 Å². The third-order valence-electron chi connectivity index (χ3n) is 4.24. The first-order chi connectivity index (χ1) is 10.6. The third-order valence-corrected chi connectivity index (χ3v) is 4.24. The summed E-state index contributed by atoms with van der Waals surface area (Å²) in [4.78, 5) is 12.8. The molecule has 124 valence electrons. The summed E-state index contributed by atoms with van der Waals surface area (Å²) < 4.78 is 1.55. The predicted molar refractivity (Wildman–Crippen MR) is 95.1 cm³/mol. The van der Waals surface area contributed by atoms with Gasteiger partial charge in [-0.15, -0.1) is 0 Å². The Morgan fingerprint density at radius 3 is 2.17 bits per heavy atom. The van der Waals surface area contributed by atoms with Crippen molar-refractivity contribution < 1.29 is 4.79 Å². The Hall–Kier alpha value is -1.90. The maximum Gasteiger partial charge on any atom is 0.278 e. The van der Waals surface area contributed by atoms with Gasteiger partial charge in [-0.05, 0) is 54.9 Å². The predicted octanol–water partition coefficient (Wildman–Crippen LogP) is 4.68. The van der Waals surface area contributed by atoms with Crippen LogP contribution in [0.3, 0.4) is 0 Å². The molecule has 2 aromatic rings. The molecule has 3 heteroatoms. The smallest absolute Gasteiger partial charge is 0.267 e. The first-order valence-electron chi connectivity index (χ1n) is 8.31. The van der Waals surface area contributed by atoms with E-state index in [0.29, 0.717) is 11.5 Å². The van der Waals surface area contributed by atoms with Gasteiger partial charge in [0.05, 0.1) is 5.69 Å². The molecule has 0 saturated heterocycles. The molecule has 0 unspecified atom stereocenters. The van der Waals surface area contributed by atoms with E-state index in [1.165, 1.54) is 11.1 Å². The number of hydrogen-bond acceptors (Lipinski definition) is 2. The van der Waals surface area contributed by atoms with Crippen molar-refractivity contribution in [3.63, 3.8) is 0 Å². The van der Waals surface area contributed by atoms with Gasteiger partial charge in [-0.3, -0.25) is 4.79 Å². The Bertz CT molecular complexity index is 700. The van der Waals surface area contributed by atoms with E-state index < -0.39 is 0 Å². The molecule has 2 rings (SSSR count). The lowest BCUT2D eigenvalue weighted by molar-refractivity contribution is 0.0942. The Labute approximate surface area is 139 Å². The van der Waals surface area contributed by atoms with Crippen molar-refractivity contribution in [1.82, 2.24) is 9.78 Å². The van der Waals surface area contributed by atoms with Crippen LogP contribution in [0.15, 0.2) is 24.3 Å². The summed E-state index contributed by atoms with van der Waals surface area (Å²) in [5.74, 6) is 0.493. The zero-order valence-electron chi connectivity index (χ0n) is 15.4. The van der Waals surface area contributed by atoms with E-state index in [-0.39, 0.29) is 11.3 Å². The summed E-state index contributed by atoms with van der Waals surface area (Å²) in [6.07, 6.45) is 0.952. The van der Waals surface area contributed by atoms with E-state index in [4.69, 9.17) is 0 Å². The number of nitrogens with zero attached hydrogens (tertiary/aromatic N) is 2. The van der Waals surface area contributed by atoms with Gasteiger partial charge in [0.2, 0.25) is 0 Å². The number of aromatic nitrogens is 2. The quantitative estimate of drug-likeness (QED) is 0.824. The third kappa shape index (κ3) is 3.72. The molecule has 0 aliphatic carbocycles. The maximum atomic E-state index is 12.8. The van der Waals surface area contributed by atoms with Gasteiger partial charge in [-0.2, -0.15) is 5.10 Å². The fourth-order valence-electron chi connectivity index (χ4n) is 2.81. The monoisotopic (exact) mass is 312 g/mol. The number of benzene rings is 1. The second-order valence-electron chi connectivity index (χ2n) is 7.79. The molecule has 0 fully saturated rings. The van der Waals surface area contributed by atoms with Crippen LogP contribution in [-0.4, -0.2) is 15.7 Å². The van der Waals surface area contributed by atoms with Gasteiger partial charge < -0.3 is 0 Å². The molecular formula is C20H28N2O. The topological polar surface area (TPSA) is 34.9 Å². The summed E-state index contributed by atoms with van der Waals surface area (Å²) in [5.41, 5.74) is 5.10. The fourth-order valence-corrected chi connectivity index (χ4v) is 2.81. The van der Waals surface area contributed by atoms with E-state index in [2.05, 4.69) is 39.7 Å². The van der Waals surface area contributed by atoms with Gasteiger partial charge >= 0.3 is 0 Å². The zero-order chi connectivity index (χ0) is 17.4. The highest BCUT2D eigenvalue weighted by atomic mass is 16.2. The molecule has 0 bridgehead atoms. The molecule has 0 atom stereocenters. The van der Waals surface area contributed by atoms with Crippen LogP contribution >= 0.6 is 0 Å². The molecule has 1 aromatic heterocycles. The first kappa shape index (κ1) is 17.5. The lowest BCUT2D eigenvalue weighted by Crippen LogP contribution is -2.16. The van der Waals surface area contributed by atoms with Crippen LogP contribution in [0.5, 0.6) is 0 Å². The molecule has 1 heterocycles. The number of hydrogen-bond donors (Lipinski definition) is 0. The van der Waals surface area contributed by atoms with E-state index in [0.717, 1.165) is 17.8 Å². The van der Waals surface area contributed by atoms with Crippen LogP contribution in [0, 0.1) is 19.8 Å². The maximum absolute atomic E-state index is 12.8. The largest absolute Gasteiger partial charge is 0.278 e. The summed E-state index contributed by atoms with van der Waals surface area (Å²) in [7, 11) is 0. The Morgan fingerprint density at radius 1 is 1.13 bits per heavy atom. The van der Waals surface area contributed by atoms with Crippen molar-refractivity contribution in [1.29, 1.82) is 0 Å². The van der Waals surface area contributed by atoms with Crippen LogP contribution < -0.4 is 0 Å². The molecule has 0 radical (unpaired) electrons. The van der Waals surface area contributed by atoms with Crippen molar-refractivity contribution in [2.24, 2.45) is 5.92 Å². The molecule has 3 nitrogen and oxygen atoms in total. The minimum atomic E-state index is -0.0546. The van der Waals surface area contributed by atoms with Crippen molar-refractivity contribution in [2.45, 2.75) is 60.3 Å². The summed E-state index contributed by atoms with van der Waals surface area (Å²) in [6, 6.07) is 7.88. The summed E-state index contributed by atoms with van der Waals surface area (Å²) >= 11 is 0. The Kier molecular flexibility index (Phi) is 4.79. The second kappa shape index (κ2) is 6.31. The van der Waals surface area contributed by atoms with Gasteiger partial charge in [0.1, 0.15) is 0 Å². The molecule has 1 aromatic carbocycles. The normalized spacial score (nSPS) is 12.0. The van der Waals surface area contributed by atoms with Crippen LogP contribution in [0.25, 0.3) is 0 Å². The van der Waals surface area contributed by atoms with Crippen molar-refractivity contribution in [2.75, 3.05) is 0 Å². The SMILES string of the molecule is Cc1nn(C(=O)c2ccc(C(C)(C)C)cc2)c(C)c1CC(C)C. The van der Waals surface area contributed by atoms with Crippen LogP contribution in [0.4, 0.5) is 0 Å². The number of rotatable bonds is 3. The minimum Gasteiger partial charge on any atom is -0.267 e. The molecule has 0 amide bonds. The summed E-state index contributed by atoms with van der Waals surface area (Å²) in [6.45, 7) is 14.8. The second-order valence-corrected chi connectivity index (χ2v) is 7.79. The van der Waals surface area contributed by atoms with E-state index in [9.17, 15) is 4.79 Å². The Morgan fingerprint density at radius 2 is 1.70 bits per heavy atom. The number of carbonyl (C=O) groups excluding carboxylic acids is 1. The Balaban J connectivity index is 2.34. The van der Waals surface area contributed by atoms with Crippen molar-refractivity contribution in [3.05, 3.63) is 52.3 Å². The minimum absolute atomic E-state index is 0.0546. The summed E-state index contributed by atoms with van der Waals surface area (Å²) in [5, 5.41) is 4.48. The van der Waals surface area contributed by atoms with Gasteiger partial charge in [-0.1, -0.05) is 46.8 Å². The van der Waals surface area contributed by atoms with Crippen LogP contribution in [0.1, 0.15) is 67.5 Å². The molecule has 23 heavy (non-hydrogen) atoms. The van der Waals surface area contributed by atoms with Crippen molar-refractivity contribution in [3.8, 4) is 0 Å². The zero-order valence-corrected chi connectivity index (χ0v) is 15.4.